The van der Waals surface area contributed by atoms with Crippen LogP contribution in [-0.4, -0.2) is 37.6 Å². The van der Waals surface area contributed by atoms with E-state index in [2.05, 4.69) is 0 Å². The number of nitrogens with two attached hydrogens (primary N) is 1. The first-order chi connectivity index (χ1) is 8.95. The van der Waals surface area contributed by atoms with Gasteiger partial charge in [0, 0.05) is 27.3 Å². The summed E-state index contributed by atoms with van der Waals surface area (Å²) in [4.78, 5) is 13.6. The van der Waals surface area contributed by atoms with Gasteiger partial charge < -0.3 is 15.4 Å². The highest BCUT2D eigenvalue weighted by Crippen LogP contribution is 2.23. The molecule has 0 saturated heterocycles. The lowest BCUT2D eigenvalue weighted by atomic mass is 10.1. The minimum Gasteiger partial charge on any atom is -0.385 e. The molecule has 1 atom stereocenters. The average Bonchev–Trinajstić information content (AvgIpc) is 2.39. The van der Waals surface area contributed by atoms with Gasteiger partial charge in [0.25, 0.3) is 0 Å². The molecule has 0 radical (unpaired) electrons. The molecule has 106 valence electrons. The van der Waals surface area contributed by atoms with Crippen LogP contribution in [0.5, 0.6) is 0 Å². The zero-order valence-corrected chi connectivity index (χ0v) is 12.5. The number of hydrogen-bond donors (Lipinski definition) is 1. The van der Waals surface area contributed by atoms with Gasteiger partial charge in [0.05, 0.1) is 16.1 Å². The number of rotatable bonds is 6. The first kappa shape index (κ1) is 16.2. The molecule has 0 heterocycles. The third-order valence-electron chi connectivity index (χ3n) is 2.73. The first-order valence-corrected chi connectivity index (χ1v) is 6.64. The molecule has 4 nitrogen and oxygen atoms in total. The summed E-state index contributed by atoms with van der Waals surface area (Å²) in [6.45, 7) is 0.907. The quantitative estimate of drug-likeness (QED) is 0.877. The molecular weight excluding hydrogens is 287 g/mol. The SMILES string of the molecule is COCCC(N)C(=O)N(C)Cc1ccc(Cl)c(Cl)c1. The van der Waals surface area contributed by atoms with Crippen molar-refractivity contribution in [2.45, 2.75) is 19.0 Å². The van der Waals surface area contributed by atoms with Crippen LogP contribution in [0.25, 0.3) is 0 Å². The second-order valence-electron chi connectivity index (χ2n) is 4.33. The van der Waals surface area contributed by atoms with E-state index in [1.807, 2.05) is 6.07 Å². The van der Waals surface area contributed by atoms with Gasteiger partial charge in [0.1, 0.15) is 0 Å². The molecule has 0 aliphatic rings. The smallest absolute Gasteiger partial charge is 0.239 e. The van der Waals surface area contributed by atoms with E-state index >= 15 is 0 Å². The number of likely N-dealkylation sites (N-methyl/N-ethyl adjacent to an activating group) is 1. The molecule has 0 aliphatic carbocycles. The summed E-state index contributed by atoms with van der Waals surface area (Å²) in [7, 11) is 3.29. The van der Waals surface area contributed by atoms with Gasteiger partial charge in [-0.25, -0.2) is 0 Å². The molecule has 0 bridgehead atoms. The van der Waals surface area contributed by atoms with Gasteiger partial charge in [0.2, 0.25) is 5.91 Å². The predicted molar refractivity (Wildman–Crippen MR) is 77.4 cm³/mol. The highest BCUT2D eigenvalue weighted by atomic mass is 35.5. The van der Waals surface area contributed by atoms with Crippen LogP contribution < -0.4 is 5.73 Å². The molecule has 19 heavy (non-hydrogen) atoms. The molecular formula is C13H18Cl2N2O2. The van der Waals surface area contributed by atoms with Crippen LogP contribution in [-0.2, 0) is 16.1 Å². The van der Waals surface area contributed by atoms with E-state index < -0.39 is 6.04 Å². The fraction of sp³-hybridized carbons (Fsp3) is 0.462. The molecule has 6 heteroatoms. The van der Waals surface area contributed by atoms with E-state index in [-0.39, 0.29) is 5.91 Å². The van der Waals surface area contributed by atoms with Crippen LogP contribution >= 0.6 is 23.2 Å². The van der Waals surface area contributed by atoms with Crippen molar-refractivity contribution in [3.8, 4) is 0 Å². The number of ether oxygens (including phenoxy) is 1. The Morgan fingerprint density at radius 1 is 1.42 bits per heavy atom. The lowest BCUT2D eigenvalue weighted by Gasteiger charge is -2.21. The van der Waals surface area contributed by atoms with Crippen LogP contribution in [0.1, 0.15) is 12.0 Å². The lowest BCUT2D eigenvalue weighted by Crippen LogP contribution is -2.42. The number of benzene rings is 1. The Balaban J connectivity index is 2.60. The van der Waals surface area contributed by atoms with Crippen molar-refractivity contribution in [3.63, 3.8) is 0 Å². The molecule has 1 amide bonds. The molecule has 0 spiro atoms. The third kappa shape index (κ3) is 4.99. The minimum atomic E-state index is -0.548. The second kappa shape index (κ2) is 7.70. The minimum absolute atomic E-state index is 0.122. The predicted octanol–water partition coefficient (Wildman–Crippen LogP) is 2.32. The molecule has 1 aromatic rings. The summed E-state index contributed by atoms with van der Waals surface area (Å²) in [5.74, 6) is -0.122. The molecule has 0 aliphatic heterocycles. The van der Waals surface area contributed by atoms with Gasteiger partial charge in [-0.1, -0.05) is 29.3 Å². The number of halogens is 2. The average molecular weight is 305 g/mol. The van der Waals surface area contributed by atoms with Crippen LogP contribution in [0, 0.1) is 0 Å². The van der Waals surface area contributed by atoms with Crippen molar-refractivity contribution in [2.24, 2.45) is 5.73 Å². The highest BCUT2D eigenvalue weighted by molar-refractivity contribution is 6.42. The summed E-state index contributed by atoms with van der Waals surface area (Å²) in [6.07, 6.45) is 0.501. The monoisotopic (exact) mass is 304 g/mol. The summed E-state index contributed by atoms with van der Waals surface area (Å²) in [5.41, 5.74) is 6.70. The number of amides is 1. The van der Waals surface area contributed by atoms with E-state index in [1.165, 1.54) is 0 Å². The maximum absolute atomic E-state index is 12.0. The Bertz CT molecular complexity index is 441. The third-order valence-corrected chi connectivity index (χ3v) is 3.47. The lowest BCUT2D eigenvalue weighted by molar-refractivity contribution is -0.132. The molecule has 0 saturated carbocycles. The summed E-state index contributed by atoms with van der Waals surface area (Å²) < 4.78 is 4.91. The van der Waals surface area contributed by atoms with E-state index in [9.17, 15) is 4.79 Å². The van der Waals surface area contributed by atoms with Gasteiger partial charge in [-0.05, 0) is 24.1 Å². The molecule has 1 aromatic carbocycles. The normalized spacial score (nSPS) is 12.3. The maximum Gasteiger partial charge on any atom is 0.239 e. The zero-order chi connectivity index (χ0) is 14.4. The van der Waals surface area contributed by atoms with Crippen molar-refractivity contribution in [1.82, 2.24) is 4.90 Å². The maximum atomic E-state index is 12.0. The highest BCUT2D eigenvalue weighted by Gasteiger charge is 2.18. The number of carbonyl (C=O) groups excluding carboxylic acids is 1. The van der Waals surface area contributed by atoms with Crippen LogP contribution in [0.2, 0.25) is 10.0 Å². The van der Waals surface area contributed by atoms with E-state index in [1.54, 1.807) is 31.2 Å². The van der Waals surface area contributed by atoms with Crippen molar-refractivity contribution < 1.29 is 9.53 Å². The van der Waals surface area contributed by atoms with Gasteiger partial charge in [-0.3, -0.25) is 4.79 Å². The van der Waals surface area contributed by atoms with E-state index in [0.717, 1.165) is 5.56 Å². The number of nitrogens with zero attached hydrogens (tertiary/aromatic N) is 1. The Morgan fingerprint density at radius 3 is 2.68 bits per heavy atom. The largest absolute Gasteiger partial charge is 0.385 e. The van der Waals surface area contributed by atoms with Gasteiger partial charge in [-0.15, -0.1) is 0 Å². The van der Waals surface area contributed by atoms with E-state index in [4.69, 9.17) is 33.7 Å². The zero-order valence-electron chi connectivity index (χ0n) is 11.0. The van der Waals surface area contributed by atoms with Crippen molar-refractivity contribution in [2.75, 3.05) is 20.8 Å². The van der Waals surface area contributed by atoms with Crippen molar-refractivity contribution in [1.29, 1.82) is 0 Å². The number of carbonyl (C=O) groups is 1. The number of methoxy groups -OCH3 is 1. The Kier molecular flexibility index (Phi) is 6.58. The summed E-state index contributed by atoms with van der Waals surface area (Å²) in [6, 6.07) is 4.74. The number of hydrogen-bond acceptors (Lipinski definition) is 3. The molecule has 0 fully saturated rings. The fourth-order valence-electron chi connectivity index (χ4n) is 1.64. The molecule has 1 unspecified atom stereocenters. The standard InChI is InChI=1S/C13H18Cl2N2O2/c1-17(13(18)12(16)5-6-19-2)8-9-3-4-10(14)11(15)7-9/h3-4,7,12H,5-6,8,16H2,1-2H3. The fourth-order valence-corrected chi connectivity index (χ4v) is 1.96. The van der Waals surface area contributed by atoms with Gasteiger partial charge in [-0.2, -0.15) is 0 Å². The summed E-state index contributed by atoms with van der Waals surface area (Å²) >= 11 is 11.8. The van der Waals surface area contributed by atoms with E-state index in [0.29, 0.717) is 29.6 Å². The van der Waals surface area contributed by atoms with Crippen molar-refractivity contribution in [3.05, 3.63) is 33.8 Å². The second-order valence-corrected chi connectivity index (χ2v) is 5.15. The van der Waals surface area contributed by atoms with Crippen LogP contribution in [0.4, 0.5) is 0 Å². The Hall–Kier alpha value is -0.810. The van der Waals surface area contributed by atoms with Crippen LogP contribution in [0.3, 0.4) is 0 Å². The van der Waals surface area contributed by atoms with Gasteiger partial charge in [0.15, 0.2) is 0 Å². The van der Waals surface area contributed by atoms with Gasteiger partial charge >= 0.3 is 0 Å². The first-order valence-electron chi connectivity index (χ1n) is 5.89. The van der Waals surface area contributed by atoms with Crippen molar-refractivity contribution >= 4 is 29.1 Å². The Labute approximate surface area is 123 Å². The molecule has 2 N–H and O–H groups in total. The molecule has 1 rings (SSSR count). The topological polar surface area (TPSA) is 55.6 Å². The Morgan fingerprint density at radius 2 is 2.11 bits per heavy atom. The summed E-state index contributed by atoms with van der Waals surface area (Å²) in [5, 5.41) is 0.972. The van der Waals surface area contributed by atoms with Crippen LogP contribution in [0.15, 0.2) is 18.2 Å². The molecule has 0 aromatic heterocycles.